The van der Waals surface area contributed by atoms with E-state index < -0.39 is 50.4 Å². The maximum absolute atomic E-state index is 12.5. The van der Waals surface area contributed by atoms with Crippen molar-refractivity contribution >= 4 is 25.5 Å². The first-order valence-corrected chi connectivity index (χ1v) is 10.6. The van der Waals surface area contributed by atoms with Gasteiger partial charge in [-0.2, -0.15) is 4.98 Å². The largest absolute Gasteiger partial charge is 0.469 e. The standard InChI is InChI=1S/C18H20N3O9P/c1-11(22)29-13-9-16(30-14(13)10-28-31(25,26)27)21-8-7-15(20-18(21)24)19-17(23)12-5-3-2-4-6-12/h2-8,13-14,16H,9-10H2,1H3,(H2,25,26,27)(H,19,20,23,24)/t13-,14+,16+/m0/s1. The number of aromatic nitrogens is 2. The second-order valence-corrected chi connectivity index (χ2v) is 7.86. The average Bonchev–Trinajstić information content (AvgIpc) is 3.08. The number of carbonyl (C=O) groups excluding carboxylic acids is 2. The molecule has 13 heteroatoms. The molecule has 3 atom stereocenters. The van der Waals surface area contributed by atoms with Gasteiger partial charge < -0.3 is 24.6 Å². The van der Waals surface area contributed by atoms with Gasteiger partial charge in [0.2, 0.25) is 0 Å². The van der Waals surface area contributed by atoms with Gasteiger partial charge in [0.05, 0.1) is 6.61 Å². The Kier molecular flexibility index (Phi) is 6.98. The number of phosphoric ester groups is 1. The van der Waals surface area contributed by atoms with E-state index in [4.69, 9.17) is 19.3 Å². The highest BCUT2D eigenvalue weighted by Crippen LogP contribution is 2.38. The minimum absolute atomic E-state index is 0.0334. The van der Waals surface area contributed by atoms with E-state index in [-0.39, 0.29) is 12.2 Å². The van der Waals surface area contributed by atoms with Crippen molar-refractivity contribution in [3.05, 3.63) is 58.6 Å². The molecule has 1 fully saturated rings. The Bertz CT molecular complexity index is 1050. The zero-order valence-electron chi connectivity index (χ0n) is 16.3. The third-order valence-corrected chi connectivity index (χ3v) is 4.81. The van der Waals surface area contributed by atoms with E-state index in [0.717, 1.165) is 4.57 Å². The maximum Gasteiger partial charge on any atom is 0.469 e. The van der Waals surface area contributed by atoms with Crippen LogP contribution in [0.5, 0.6) is 0 Å². The summed E-state index contributed by atoms with van der Waals surface area (Å²) >= 11 is 0. The van der Waals surface area contributed by atoms with Gasteiger partial charge >= 0.3 is 19.5 Å². The quantitative estimate of drug-likeness (QED) is 0.403. The highest BCUT2D eigenvalue weighted by molar-refractivity contribution is 7.46. The van der Waals surface area contributed by atoms with Crippen LogP contribution in [0.15, 0.2) is 47.4 Å². The van der Waals surface area contributed by atoms with Crippen LogP contribution in [0.2, 0.25) is 0 Å². The normalized spacial score (nSPS) is 20.9. The zero-order valence-corrected chi connectivity index (χ0v) is 17.2. The number of hydrogen-bond donors (Lipinski definition) is 3. The van der Waals surface area contributed by atoms with Gasteiger partial charge in [0, 0.05) is 25.1 Å². The summed E-state index contributed by atoms with van der Waals surface area (Å²) in [5.41, 5.74) is -0.348. The summed E-state index contributed by atoms with van der Waals surface area (Å²) in [6, 6.07) is 9.77. The topological polar surface area (TPSA) is 166 Å². The lowest BCUT2D eigenvalue weighted by atomic mass is 10.2. The van der Waals surface area contributed by atoms with E-state index in [1.165, 1.54) is 19.2 Å². The Balaban J connectivity index is 1.72. The highest BCUT2D eigenvalue weighted by Gasteiger charge is 2.40. The van der Waals surface area contributed by atoms with E-state index in [1.54, 1.807) is 30.3 Å². The molecule has 166 valence electrons. The van der Waals surface area contributed by atoms with Gasteiger partial charge in [-0.05, 0) is 18.2 Å². The number of ether oxygens (including phenoxy) is 2. The monoisotopic (exact) mass is 453 g/mol. The molecule has 1 aromatic heterocycles. The molecular weight excluding hydrogens is 433 g/mol. The van der Waals surface area contributed by atoms with Gasteiger partial charge in [-0.3, -0.25) is 18.7 Å². The zero-order chi connectivity index (χ0) is 22.6. The third kappa shape index (κ3) is 6.29. The number of rotatable bonds is 7. The molecule has 3 N–H and O–H groups in total. The lowest BCUT2D eigenvalue weighted by Gasteiger charge is -2.18. The van der Waals surface area contributed by atoms with Gasteiger partial charge in [-0.15, -0.1) is 0 Å². The molecule has 1 aliphatic heterocycles. The summed E-state index contributed by atoms with van der Waals surface area (Å²) in [6.07, 6.45) is -1.44. The molecule has 0 aliphatic carbocycles. The number of hydrogen-bond acceptors (Lipinski definition) is 8. The molecular formula is C18H20N3O9P. The molecule has 0 radical (unpaired) electrons. The number of esters is 1. The first kappa shape index (κ1) is 22.8. The van der Waals surface area contributed by atoms with Crippen molar-refractivity contribution in [3.8, 4) is 0 Å². The molecule has 12 nitrogen and oxygen atoms in total. The summed E-state index contributed by atoms with van der Waals surface area (Å²) < 4.78 is 27.3. The Morgan fingerprint density at radius 1 is 1.29 bits per heavy atom. The van der Waals surface area contributed by atoms with Crippen LogP contribution in [0.3, 0.4) is 0 Å². The molecule has 3 rings (SSSR count). The van der Waals surface area contributed by atoms with Gasteiger partial charge in [0.15, 0.2) is 0 Å². The number of nitrogens with one attached hydrogen (secondary N) is 1. The van der Waals surface area contributed by atoms with Gasteiger partial charge in [-0.25, -0.2) is 9.36 Å². The highest BCUT2D eigenvalue weighted by atomic mass is 31.2. The van der Waals surface area contributed by atoms with Crippen molar-refractivity contribution < 1.29 is 37.9 Å². The summed E-state index contributed by atoms with van der Waals surface area (Å²) in [7, 11) is -4.77. The SMILES string of the molecule is CC(=O)O[C@H]1C[C@H](n2ccc(NC(=O)c3ccccc3)nc2=O)O[C@@H]1COP(=O)(O)O. The third-order valence-electron chi connectivity index (χ3n) is 4.32. The van der Waals surface area contributed by atoms with Crippen LogP contribution in [0, 0.1) is 0 Å². The van der Waals surface area contributed by atoms with Crippen LogP contribution >= 0.6 is 7.82 Å². The van der Waals surface area contributed by atoms with E-state index in [9.17, 15) is 18.9 Å². The Hall–Kier alpha value is -2.89. The molecule has 0 bridgehead atoms. The Labute approximate surface area is 176 Å². The number of carbonyl (C=O) groups is 2. The van der Waals surface area contributed by atoms with Crippen molar-refractivity contribution in [1.82, 2.24) is 9.55 Å². The first-order valence-electron chi connectivity index (χ1n) is 9.11. The van der Waals surface area contributed by atoms with Crippen LogP contribution in [0.4, 0.5) is 5.82 Å². The van der Waals surface area contributed by atoms with Crippen molar-refractivity contribution in [1.29, 1.82) is 0 Å². The molecule has 1 aliphatic rings. The van der Waals surface area contributed by atoms with Crippen LogP contribution in [0.1, 0.15) is 29.9 Å². The fourth-order valence-electron chi connectivity index (χ4n) is 3.01. The number of anilines is 1. The predicted octanol–water partition coefficient (Wildman–Crippen LogP) is 0.824. The van der Waals surface area contributed by atoms with Crippen molar-refractivity contribution in [3.63, 3.8) is 0 Å². The maximum atomic E-state index is 12.5. The smallest absolute Gasteiger partial charge is 0.460 e. The lowest BCUT2D eigenvalue weighted by Crippen LogP contribution is -2.30. The number of amides is 1. The minimum Gasteiger partial charge on any atom is -0.460 e. The Morgan fingerprint density at radius 2 is 2.00 bits per heavy atom. The van der Waals surface area contributed by atoms with Gasteiger partial charge in [-0.1, -0.05) is 18.2 Å². The fourth-order valence-corrected chi connectivity index (χ4v) is 3.35. The fraction of sp³-hybridized carbons (Fsp3) is 0.333. The van der Waals surface area contributed by atoms with Crippen LogP contribution in [-0.4, -0.2) is 50.0 Å². The molecule has 0 unspecified atom stereocenters. The lowest BCUT2D eigenvalue weighted by molar-refractivity contribution is -0.150. The summed E-state index contributed by atoms with van der Waals surface area (Å²) in [6.45, 7) is 0.623. The van der Waals surface area contributed by atoms with E-state index in [2.05, 4.69) is 14.8 Å². The molecule has 1 saturated heterocycles. The molecule has 2 aromatic rings. The minimum atomic E-state index is -4.77. The molecule has 31 heavy (non-hydrogen) atoms. The molecule has 2 heterocycles. The predicted molar refractivity (Wildman–Crippen MR) is 105 cm³/mol. The van der Waals surface area contributed by atoms with Crippen LogP contribution in [-0.2, 0) is 23.4 Å². The summed E-state index contributed by atoms with van der Waals surface area (Å²) in [5, 5.41) is 2.52. The second-order valence-electron chi connectivity index (χ2n) is 6.62. The van der Waals surface area contributed by atoms with Crippen molar-refractivity contribution in [2.45, 2.75) is 31.8 Å². The van der Waals surface area contributed by atoms with Crippen LogP contribution < -0.4 is 11.0 Å². The molecule has 0 saturated carbocycles. The van der Waals surface area contributed by atoms with Gasteiger partial charge in [0.25, 0.3) is 5.91 Å². The first-order chi connectivity index (χ1) is 14.6. The van der Waals surface area contributed by atoms with Gasteiger partial charge in [0.1, 0.15) is 24.3 Å². The van der Waals surface area contributed by atoms with Crippen molar-refractivity contribution in [2.24, 2.45) is 0 Å². The van der Waals surface area contributed by atoms with E-state index in [0.29, 0.717) is 5.56 Å². The van der Waals surface area contributed by atoms with E-state index >= 15 is 0 Å². The summed E-state index contributed by atoms with van der Waals surface area (Å²) in [4.78, 5) is 57.6. The van der Waals surface area contributed by atoms with Crippen LogP contribution in [0.25, 0.3) is 0 Å². The molecule has 0 spiro atoms. The second kappa shape index (κ2) is 9.50. The number of nitrogens with zero attached hydrogens (tertiary/aromatic N) is 2. The van der Waals surface area contributed by atoms with E-state index in [1.807, 2.05) is 0 Å². The molecule has 1 aromatic carbocycles. The number of benzene rings is 1. The average molecular weight is 453 g/mol. The number of phosphoric acid groups is 1. The Morgan fingerprint density at radius 3 is 2.61 bits per heavy atom. The summed E-state index contributed by atoms with van der Waals surface area (Å²) in [5.74, 6) is -1.03. The molecule has 1 amide bonds. The van der Waals surface area contributed by atoms with Crippen molar-refractivity contribution in [2.75, 3.05) is 11.9 Å².